The molecule has 0 aromatic heterocycles. The topological polar surface area (TPSA) is 37.3 Å². The molecule has 0 saturated heterocycles. The highest BCUT2D eigenvalue weighted by molar-refractivity contribution is 5.84. The lowest BCUT2D eigenvalue weighted by Crippen LogP contribution is -2.19. The molecule has 0 aliphatic heterocycles. The molecular formula is C8H12O2. The Bertz CT molecular complexity index is 165. The third-order valence-corrected chi connectivity index (χ3v) is 2.99. The first-order chi connectivity index (χ1) is 4.81. The Balaban J connectivity index is 2.09. The number of carbonyl (C=O) groups excluding carboxylic acids is 1. The van der Waals surface area contributed by atoms with Crippen LogP contribution in [0.2, 0.25) is 0 Å². The Hall–Kier alpha value is -0.370. The van der Waals surface area contributed by atoms with Gasteiger partial charge in [0.1, 0.15) is 5.78 Å². The zero-order chi connectivity index (χ0) is 7.14. The van der Waals surface area contributed by atoms with Crippen molar-refractivity contribution in [3.05, 3.63) is 0 Å². The van der Waals surface area contributed by atoms with Crippen LogP contribution in [-0.2, 0) is 4.79 Å². The fourth-order valence-corrected chi connectivity index (χ4v) is 2.37. The highest BCUT2D eigenvalue weighted by Gasteiger charge is 2.44. The van der Waals surface area contributed by atoms with Gasteiger partial charge in [0, 0.05) is 18.9 Å². The summed E-state index contributed by atoms with van der Waals surface area (Å²) in [6.07, 6.45) is 2.76. The summed E-state index contributed by atoms with van der Waals surface area (Å²) in [4.78, 5) is 11.0. The van der Waals surface area contributed by atoms with Crippen LogP contribution >= 0.6 is 0 Å². The molecule has 2 saturated carbocycles. The zero-order valence-electron chi connectivity index (χ0n) is 5.92. The number of fused-ring (bicyclic) bond motifs is 2. The van der Waals surface area contributed by atoms with E-state index >= 15 is 0 Å². The van der Waals surface area contributed by atoms with Gasteiger partial charge in [-0.15, -0.1) is 0 Å². The van der Waals surface area contributed by atoms with Crippen LogP contribution in [0.5, 0.6) is 0 Å². The molecule has 3 atom stereocenters. The number of aliphatic hydroxyl groups excluding tert-OH is 1. The van der Waals surface area contributed by atoms with Crippen molar-refractivity contribution >= 4 is 5.78 Å². The smallest absolute Gasteiger partial charge is 0.136 e. The molecule has 2 aliphatic rings. The highest BCUT2D eigenvalue weighted by atomic mass is 16.3. The van der Waals surface area contributed by atoms with Crippen LogP contribution in [0.25, 0.3) is 0 Å². The van der Waals surface area contributed by atoms with E-state index in [4.69, 9.17) is 5.11 Å². The molecule has 2 rings (SSSR count). The Kier molecular flexibility index (Phi) is 1.31. The summed E-state index contributed by atoms with van der Waals surface area (Å²) in [6.45, 7) is 0.286. The minimum Gasteiger partial charge on any atom is -0.396 e. The number of hydrogen-bond donors (Lipinski definition) is 1. The Labute approximate surface area is 60.2 Å². The maximum Gasteiger partial charge on any atom is 0.136 e. The van der Waals surface area contributed by atoms with Crippen molar-refractivity contribution in [2.75, 3.05) is 6.61 Å². The summed E-state index contributed by atoms with van der Waals surface area (Å²) in [5.41, 5.74) is 0. The summed E-state index contributed by atoms with van der Waals surface area (Å²) >= 11 is 0. The molecule has 0 aromatic carbocycles. The van der Waals surface area contributed by atoms with E-state index in [1.807, 2.05) is 0 Å². The van der Waals surface area contributed by atoms with Crippen molar-refractivity contribution in [2.45, 2.75) is 19.3 Å². The molecule has 0 heterocycles. The largest absolute Gasteiger partial charge is 0.396 e. The predicted molar refractivity (Wildman–Crippen MR) is 36.4 cm³/mol. The lowest BCUT2D eigenvalue weighted by Gasteiger charge is -2.17. The minimum atomic E-state index is 0.286. The second kappa shape index (κ2) is 2.06. The van der Waals surface area contributed by atoms with Crippen LogP contribution in [0.15, 0.2) is 0 Å². The summed E-state index contributed by atoms with van der Waals surface area (Å²) < 4.78 is 0. The molecule has 2 fully saturated rings. The van der Waals surface area contributed by atoms with Crippen molar-refractivity contribution in [1.29, 1.82) is 0 Å². The Morgan fingerprint density at radius 3 is 2.70 bits per heavy atom. The van der Waals surface area contributed by atoms with Crippen LogP contribution < -0.4 is 0 Å². The van der Waals surface area contributed by atoms with Crippen LogP contribution in [0.4, 0.5) is 0 Å². The number of carbonyl (C=O) groups is 1. The molecule has 0 aromatic rings. The third kappa shape index (κ3) is 0.717. The van der Waals surface area contributed by atoms with Crippen molar-refractivity contribution in [3.8, 4) is 0 Å². The summed E-state index contributed by atoms with van der Waals surface area (Å²) in [5.74, 6) is 1.74. The fourth-order valence-electron chi connectivity index (χ4n) is 2.37. The average Bonchev–Trinajstić information content (AvgIpc) is 2.44. The molecule has 0 spiro atoms. The van der Waals surface area contributed by atoms with Gasteiger partial charge in [0.25, 0.3) is 0 Å². The lowest BCUT2D eigenvalue weighted by atomic mass is 9.89. The SMILES string of the molecule is O=C1CC2CC1C[C@@H]2CO. The van der Waals surface area contributed by atoms with Crippen LogP contribution in [0, 0.1) is 17.8 Å². The normalized spacial score (nSPS) is 44.9. The number of ketones is 1. The number of hydrogen-bond acceptors (Lipinski definition) is 2. The molecular weight excluding hydrogens is 128 g/mol. The van der Waals surface area contributed by atoms with E-state index in [0.29, 0.717) is 23.5 Å². The first-order valence-corrected chi connectivity index (χ1v) is 3.95. The van der Waals surface area contributed by atoms with E-state index in [1.165, 1.54) is 0 Å². The van der Waals surface area contributed by atoms with E-state index in [-0.39, 0.29) is 6.61 Å². The van der Waals surface area contributed by atoms with E-state index < -0.39 is 0 Å². The molecule has 1 N–H and O–H groups in total. The minimum absolute atomic E-state index is 0.286. The number of aliphatic hydroxyl groups is 1. The maximum atomic E-state index is 11.0. The Morgan fingerprint density at radius 2 is 2.30 bits per heavy atom. The van der Waals surface area contributed by atoms with Gasteiger partial charge in [0.2, 0.25) is 0 Å². The second-order valence-corrected chi connectivity index (χ2v) is 3.54. The zero-order valence-corrected chi connectivity index (χ0v) is 5.92. The molecule has 0 radical (unpaired) electrons. The van der Waals surface area contributed by atoms with Gasteiger partial charge in [-0.2, -0.15) is 0 Å². The van der Waals surface area contributed by atoms with Gasteiger partial charge >= 0.3 is 0 Å². The molecule has 10 heavy (non-hydrogen) atoms. The van der Waals surface area contributed by atoms with Crippen LogP contribution in [-0.4, -0.2) is 17.5 Å². The van der Waals surface area contributed by atoms with Gasteiger partial charge in [-0.05, 0) is 24.7 Å². The lowest BCUT2D eigenvalue weighted by molar-refractivity contribution is -0.122. The second-order valence-electron chi connectivity index (χ2n) is 3.54. The average molecular weight is 140 g/mol. The summed E-state index contributed by atoms with van der Waals surface area (Å²) in [6, 6.07) is 0. The van der Waals surface area contributed by atoms with E-state index in [1.54, 1.807) is 0 Å². The first-order valence-electron chi connectivity index (χ1n) is 3.95. The number of Topliss-reactive ketones (excluding diaryl/α,β-unsaturated/α-hetero) is 1. The molecule has 2 heteroatoms. The highest BCUT2D eigenvalue weighted by Crippen LogP contribution is 2.45. The maximum absolute atomic E-state index is 11.0. The van der Waals surface area contributed by atoms with Gasteiger partial charge in [0.05, 0.1) is 0 Å². The molecule has 2 nitrogen and oxygen atoms in total. The van der Waals surface area contributed by atoms with Crippen molar-refractivity contribution in [2.24, 2.45) is 17.8 Å². The van der Waals surface area contributed by atoms with Crippen molar-refractivity contribution in [3.63, 3.8) is 0 Å². The molecule has 0 amide bonds. The third-order valence-electron chi connectivity index (χ3n) is 2.99. The van der Waals surface area contributed by atoms with Gasteiger partial charge in [-0.25, -0.2) is 0 Å². The van der Waals surface area contributed by atoms with E-state index in [2.05, 4.69) is 0 Å². The van der Waals surface area contributed by atoms with Crippen molar-refractivity contribution in [1.82, 2.24) is 0 Å². The molecule has 2 unspecified atom stereocenters. The van der Waals surface area contributed by atoms with Crippen LogP contribution in [0.1, 0.15) is 19.3 Å². The molecule has 56 valence electrons. The van der Waals surface area contributed by atoms with Gasteiger partial charge in [0.15, 0.2) is 0 Å². The fraction of sp³-hybridized carbons (Fsp3) is 0.875. The quantitative estimate of drug-likeness (QED) is 0.579. The summed E-state index contributed by atoms with van der Waals surface area (Å²) in [5, 5.41) is 8.86. The number of rotatable bonds is 1. The standard InChI is InChI=1S/C8H12O2/c9-4-7-2-6-1-5(7)3-8(6)10/h5-7,9H,1-4H2/t5?,6?,7-/m1/s1. The van der Waals surface area contributed by atoms with Crippen molar-refractivity contribution < 1.29 is 9.90 Å². The monoisotopic (exact) mass is 140 g/mol. The van der Waals surface area contributed by atoms with Gasteiger partial charge < -0.3 is 5.11 Å². The Morgan fingerprint density at radius 1 is 1.50 bits per heavy atom. The summed E-state index contributed by atoms with van der Waals surface area (Å²) in [7, 11) is 0. The molecule has 2 aliphatic carbocycles. The van der Waals surface area contributed by atoms with Gasteiger partial charge in [-0.3, -0.25) is 4.79 Å². The van der Waals surface area contributed by atoms with E-state index in [9.17, 15) is 4.79 Å². The first kappa shape index (κ1) is 6.35. The van der Waals surface area contributed by atoms with Gasteiger partial charge in [-0.1, -0.05) is 0 Å². The van der Waals surface area contributed by atoms with Crippen LogP contribution in [0.3, 0.4) is 0 Å². The molecule has 2 bridgehead atoms. The predicted octanol–water partition coefficient (Wildman–Crippen LogP) is 0.594. The van der Waals surface area contributed by atoms with E-state index in [0.717, 1.165) is 19.3 Å².